The lowest BCUT2D eigenvalue weighted by Crippen LogP contribution is -2.44. The van der Waals surface area contributed by atoms with Crippen LogP contribution in [0.4, 0.5) is 0 Å². The highest BCUT2D eigenvalue weighted by molar-refractivity contribution is 6.17. The topological polar surface area (TPSA) is 18.5 Å². The molecule has 2 nitrogen and oxygen atoms in total. The van der Waals surface area contributed by atoms with Crippen LogP contribution in [0.3, 0.4) is 0 Å². The molecule has 0 saturated carbocycles. The van der Waals surface area contributed by atoms with Crippen molar-refractivity contribution in [2.75, 3.05) is 25.7 Å². The molecule has 0 aliphatic carbocycles. The summed E-state index contributed by atoms with van der Waals surface area (Å²) in [5.74, 6) is 1.57. The quantitative estimate of drug-likeness (QED) is 0.664. The van der Waals surface area contributed by atoms with Crippen LogP contribution in [0.25, 0.3) is 0 Å². The van der Waals surface area contributed by atoms with Crippen molar-refractivity contribution in [1.82, 2.24) is 0 Å². The van der Waals surface area contributed by atoms with Gasteiger partial charge in [0.05, 0.1) is 5.60 Å². The lowest BCUT2D eigenvalue weighted by atomic mass is 9.80. The maximum atomic E-state index is 5.96. The number of hydrogen-bond donors (Lipinski definition) is 0. The summed E-state index contributed by atoms with van der Waals surface area (Å²) in [7, 11) is 0. The summed E-state index contributed by atoms with van der Waals surface area (Å²) >= 11 is 5.80. The summed E-state index contributed by atoms with van der Waals surface area (Å²) in [5, 5.41) is 0. The van der Waals surface area contributed by atoms with Crippen molar-refractivity contribution in [2.24, 2.45) is 5.92 Å². The van der Waals surface area contributed by atoms with E-state index in [1.807, 2.05) is 0 Å². The normalized spacial score (nSPS) is 31.9. The standard InChI is InChI=1S/C11H19ClO2/c12-5-1-10-2-6-14-11(9-10)3-7-13-8-4-11/h10H,1-9H2. The molecular weight excluding hydrogens is 200 g/mol. The zero-order valence-corrected chi connectivity index (χ0v) is 9.39. The minimum Gasteiger partial charge on any atom is -0.381 e. The average Bonchev–Trinajstić information content (AvgIpc) is 2.19. The summed E-state index contributed by atoms with van der Waals surface area (Å²) in [5.41, 5.74) is 0.146. The third-order valence-corrected chi connectivity index (χ3v) is 3.73. The highest BCUT2D eigenvalue weighted by Gasteiger charge is 2.38. The Balaban J connectivity index is 1.91. The van der Waals surface area contributed by atoms with E-state index in [1.165, 1.54) is 12.8 Å². The van der Waals surface area contributed by atoms with Gasteiger partial charge in [0.15, 0.2) is 0 Å². The number of hydrogen-bond acceptors (Lipinski definition) is 2. The Hall–Kier alpha value is 0.210. The fraction of sp³-hybridized carbons (Fsp3) is 1.00. The summed E-state index contributed by atoms with van der Waals surface area (Å²) in [6.07, 6.45) is 5.68. The van der Waals surface area contributed by atoms with E-state index in [0.29, 0.717) is 0 Å². The number of ether oxygens (including phenoxy) is 2. The summed E-state index contributed by atoms with van der Waals surface area (Å²) in [6.45, 7) is 2.66. The molecular formula is C11H19ClO2. The molecule has 0 radical (unpaired) electrons. The van der Waals surface area contributed by atoms with E-state index < -0.39 is 0 Å². The van der Waals surface area contributed by atoms with Crippen LogP contribution in [-0.4, -0.2) is 31.3 Å². The molecule has 82 valence electrons. The third kappa shape index (κ3) is 2.41. The largest absolute Gasteiger partial charge is 0.381 e. The van der Waals surface area contributed by atoms with Crippen molar-refractivity contribution in [2.45, 2.75) is 37.7 Å². The van der Waals surface area contributed by atoms with E-state index in [0.717, 1.165) is 50.9 Å². The third-order valence-electron chi connectivity index (χ3n) is 3.52. The van der Waals surface area contributed by atoms with Gasteiger partial charge in [0.1, 0.15) is 0 Å². The summed E-state index contributed by atoms with van der Waals surface area (Å²) in [6, 6.07) is 0. The van der Waals surface area contributed by atoms with Gasteiger partial charge in [-0.05, 0) is 38.0 Å². The van der Waals surface area contributed by atoms with Crippen LogP contribution in [0.1, 0.15) is 32.1 Å². The smallest absolute Gasteiger partial charge is 0.0729 e. The Labute approximate surface area is 90.9 Å². The van der Waals surface area contributed by atoms with Crippen molar-refractivity contribution >= 4 is 11.6 Å². The second-order valence-electron chi connectivity index (χ2n) is 4.48. The molecule has 0 N–H and O–H groups in total. The molecule has 3 heteroatoms. The SMILES string of the molecule is ClCCC1CCOC2(CCOCC2)C1. The molecule has 0 aromatic rings. The maximum absolute atomic E-state index is 5.96. The van der Waals surface area contributed by atoms with Crippen LogP contribution in [0.5, 0.6) is 0 Å². The van der Waals surface area contributed by atoms with Crippen molar-refractivity contribution < 1.29 is 9.47 Å². The fourth-order valence-corrected chi connectivity index (χ4v) is 2.93. The molecule has 1 atom stereocenters. The first kappa shape index (κ1) is 10.7. The van der Waals surface area contributed by atoms with Gasteiger partial charge in [-0.25, -0.2) is 0 Å². The maximum Gasteiger partial charge on any atom is 0.0729 e. The fourth-order valence-electron chi connectivity index (χ4n) is 2.62. The Kier molecular flexibility index (Phi) is 3.69. The molecule has 1 unspecified atom stereocenters. The molecule has 0 bridgehead atoms. The molecule has 0 aromatic heterocycles. The predicted octanol–water partition coefficient (Wildman–Crippen LogP) is 2.59. The molecule has 2 aliphatic heterocycles. The second-order valence-corrected chi connectivity index (χ2v) is 4.86. The van der Waals surface area contributed by atoms with Crippen LogP contribution in [-0.2, 0) is 9.47 Å². The molecule has 2 rings (SSSR count). The Morgan fingerprint density at radius 3 is 2.71 bits per heavy atom. The predicted molar refractivity (Wildman–Crippen MR) is 56.8 cm³/mol. The van der Waals surface area contributed by atoms with E-state index in [-0.39, 0.29) is 5.60 Å². The minimum absolute atomic E-state index is 0.146. The van der Waals surface area contributed by atoms with E-state index in [1.54, 1.807) is 0 Å². The molecule has 0 amide bonds. The number of rotatable bonds is 2. The van der Waals surface area contributed by atoms with Gasteiger partial charge in [-0.3, -0.25) is 0 Å². The molecule has 2 saturated heterocycles. The van der Waals surface area contributed by atoms with Gasteiger partial charge in [0, 0.05) is 25.7 Å². The zero-order chi connectivity index (χ0) is 9.86. The Morgan fingerprint density at radius 1 is 1.21 bits per heavy atom. The van der Waals surface area contributed by atoms with Crippen LogP contribution < -0.4 is 0 Å². The van der Waals surface area contributed by atoms with Gasteiger partial charge in [-0.2, -0.15) is 0 Å². The Morgan fingerprint density at radius 2 is 2.00 bits per heavy atom. The van der Waals surface area contributed by atoms with E-state index in [4.69, 9.17) is 21.1 Å². The summed E-state index contributed by atoms with van der Waals surface area (Å²) in [4.78, 5) is 0. The molecule has 2 fully saturated rings. The van der Waals surface area contributed by atoms with Gasteiger partial charge in [0.25, 0.3) is 0 Å². The van der Waals surface area contributed by atoms with Crippen LogP contribution in [0.15, 0.2) is 0 Å². The van der Waals surface area contributed by atoms with Crippen LogP contribution >= 0.6 is 11.6 Å². The van der Waals surface area contributed by atoms with Gasteiger partial charge in [-0.15, -0.1) is 11.6 Å². The zero-order valence-electron chi connectivity index (χ0n) is 8.64. The van der Waals surface area contributed by atoms with E-state index >= 15 is 0 Å². The lowest BCUT2D eigenvalue weighted by molar-refractivity contribution is -0.147. The van der Waals surface area contributed by atoms with Crippen molar-refractivity contribution in [1.29, 1.82) is 0 Å². The van der Waals surface area contributed by atoms with Crippen molar-refractivity contribution in [3.8, 4) is 0 Å². The van der Waals surface area contributed by atoms with Crippen LogP contribution in [0, 0.1) is 5.92 Å². The minimum atomic E-state index is 0.146. The van der Waals surface area contributed by atoms with Gasteiger partial charge in [-0.1, -0.05) is 0 Å². The van der Waals surface area contributed by atoms with Gasteiger partial charge < -0.3 is 9.47 Å². The number of halogens is 1. The lowest BCUT2D eigenvalue weighted by Gasteiger charge is -2.43. The van der Waals surface area contributed by atoms with Crippen molar-refractivity contribution in [3.63, 3.8) is 0 Å². The van der Waals surface area contributed by atoms with Gasteiger partial charge >= 0.3 is 0 Å². The molecule has 2 aliphatic rings. The van der Waals surface area contributed by atoms with E-state index in [9.17, 15) is 0 Å². The first-order valence-corrected chi connectivity index (χ1v) is 6.16. The monoisotopic (exact) mass is 218 g/mol. The summed E-state index contributed by atoms with van der Waals surface area (Å²) < 4.78 is 11.3. The van der Waals surface area contributed by atoms with Crippen molar-refractivity contribution in [3.05, 3.63) is 0 Å². The number of alkyl halides is 1. The molecule has 2 heterocycles. The van der Waals surface area contributed by atoms with E-state index in [2.05, 4.69) is 0 Å². The Bertz CT molecular complexity index is 171. The highest BCUT2D eigenvalue weighted by atomic mass is 35.5. The van der Waals surface area contributed by atoms with Gasteiger partial charge in [0.2, 0.25) is 0 Å². The average molecular weight is 219 g/mol. The first-order chi connectivity index (χ1) is 6.85. The molecule has 0 aromatic carbocycles. The van der Waals surface area contributed by atoms with Crippen LogP contribution in [0.2, 0.25) is 0 Å². The molecule has 14 heavy (non-hydrogen) atoms. The highest BCUT2D eigenvalue weighted by Crippen LogP contribution is 2.38. The second kappa shape index (κ2) is 4.82. The molecule has 1 spiro atoms. The first-order valence-electron chi connectivity index (χ1n) is 5.62.